The van der Waals surface area contributed by atoms with Gasteiger partial charge in [-0.05, 0) is 19.1 Å². The standard InChI is InChI=1S/C14H10O6/c1-5-11(17)9-7(16)4-3-6(15)8(9)10-12(5)20-14(2,19)13(10)18/h3-4,17,19H,1-2H3/t14-/m1/s1. The highest BCUT2D eigenvalue weighted by molar-refractivity contribution is 6.28. The Kier molecular flexibility index (Phi) is 2.23. The molecule has 0 fully saturated rings. The number of phenols is 1. The topological polar surface area (TPSA) is 101 Å². The molecule has 1 heterocycles. The molecule has 6 heteroatoms. The van der Waals surface area contributed by atoms with E-state index >= 15 is 0 Å². The molecular weight excluding hydrogens is 264 g/mol. The van der Waals surface area contributed by atoms with Crippen molar-refractivity contribution >= 4 is 17.3 Å². The third-order valence-electron chi connectivity index (χ3n) is 3.49. The Morgan fingerprint density at radius 1 is 1.05 bits per heavy atom. The molecule has 2 N–H and O–H groups in total. The molecule has 1 aromatic rings. The Morgan fingerprint density at radius 2 is 1.60 bits per heavy atom. The van der Waals surface area contributed by atoms with E-state index in [1.165, 1.54) is 6.92 Å². The normalized spacial score (nSPS) is 23.6. The zero-order valence-electron chi connectivity index (χ0n) is 10.7. The molecule has 2 aliphatic rings. The van der Waals surface area contributed by atoms with E-state index in [1.54, 1.807) is 0 Å². The molecule has 3 rings (SSSR count). The van der Waals surface area contributed by atoms with Crippen LogP contribution in [0.4, 0.5) is 0 Å². The van der Waals surface area contributed by atoms with Crippen LogP contribution in [0, 0.1) is 6.92 Å². The lowest BCUT2D eigenvalue weighted by molar-refractivity contribution is -0.0752. The lowest BCUT2D eigenvalue weighted by atomic mass is 9.85. The summed E-state index contributed by atoms with van der Waals surface area (Å²) in [4.78, 5) is 36.0. The molecule has 1 atom stereocenters. The van der Waals surface area contributed by atoms with E-state index in [4.69, 9.17) is 4.74 Å². The summed E-state index contributed by atoms with van der Waals surface area (Å²) in [5.41, 5.74) is -0.439. The average molecular weight is 274 g/mol. The summed E-state index contributed by atoms with van der Waals surface area (Å²) in [5, 5.41) is 20.0. The van der Waals surface area contributed by atoms with Gasteiger partial charge in [-0.2, -0.15) is 0 Å². The van der Waals surface area contributed by atoms with Crippen molar-refractivity contribution in [2.24, 2.45) is 0 Å². The van der Waals surface area contributed by atoms with Crippen LogP contribution in [0.2, 0.25) is 0 Å². The number of phenolic OH excluding ortho intramolecular Hbond substituents is 1. The van der Waals surface area contributed by atoms with E-state index in [-0.39, 0.29) is 28.0 Å². The van der Waals surface area contributed by atoms with E-state index in [9.17, 15) is 24.6 Å². The molecule has 0 bridgehead atoms. The van der Waals surface area contributed by atoms with Gasteiger partial charge in [0.05, 0.1) is 16.7 Å². The largest absolute Gasteiger partial charge is 0.507 e. The number of fused-ring (bicyclic) bond motifs is 3. The summed E-state index contributed by atoms with van der Waals surface area (Å²) in [7, 11) is 0. The summed E-state index contributed by atoms with van der Waals surface area (Å²) in [6.07, 6.45) is 2.06. The maximum absolute atomic E-state index is 12.2. The van der Waals surface area contributed by atoms with Gasteiger partial charge >= 0.3 is 0 Å². The highest BCUT2D eigenvalue weighted by Crippen LogP contribution is 2.46. The van der Waals surface area contributed by atoms with Crippen molar-refractivity contribution < 1.29 is 29.3 Å². The Morgan fingerprint density at radius 3 is 2.20 bits per heavy atom. The number of carbonyl (C=O) groups excluding carboxylic acids is 3. The molecule has 0 unspecified atom stereocenters. The minimum absolute atomic E-state index is 0.0623. The van der Waals surface area contributed by atoms with Gasteiger partial charge in [-0.1, -0.05) is 0 Å². The second-order valence-corrected chi connectivity index (χ2v) is 4.90. The van der Waals surface area contributed by atoms with Crippen molar-refractivity contribution in [1.82, 2.24) is 0 Å². The van der Waals surface area contributed by atoms with Gasteiger partial charge in [0.15, 0.2) is 11.6 Å². The number of hydrogen-bond acceptors (Lipinski definition) is 6. The van der Waals surface area contributed by atoms with E-state index < -0.39 is 28.9 Å². The molecular formula is C14H10O6. The minimum atomic E-state index is -2.11. The maximum Gasteiger partial charge on any atom is 0.270 e. The molecule has 20 heavy (non-hydrogen) atoms. The van der Waals surface area contributed by atoms with Gasteiger partial charge in [-0.3, -0.25) is 14.4 Å². The first-order chi connectivity index (χ1) is 9.25. The predicted octanol–water partition coefficient (Wildman–Crippen LogP) is 0.919. The van der Waals surface area contributed by atoms with Gasteiger partial charge in [-0.15, -0.1) is 0 Å². The molecule has 1 aliphatic heterocycles. The van der Waals surface area contributed by atoms with Crippen molar-refractivity contribution in [2.75, 3.05) is 0 Å². The third-order valence-corrected chi connectivity index (χ3v) is 3.49. The molecule has 0 aromatic heterocycles. The molecule has 0 spiro atoms. The Balaban J connectivity index is 2.46. The summed E-state index contributed by atoms with van der Waals surface area (Å²) in [6, 6.07) is 0. The molecule has 6 nitrogen and oxygen atoms in total. The summed E-state index contributed by atoms with van der Waals surface area (Å²) in [6.45, 7) is 2.59. The fourth-order valence-corrected chi connectivity index (χ4v) is 2.47. The number of benzene rings is 1. The van der Waals surface area contributed by atoms with Gasteiger partial charge in [0.2, 0.25) is 5.78 Å². The van der Waals surface area contributed by atoms with Crippen LogP contribution >= 0.6 is 0 Å². The summed E-state index contributed by atoms with van der Waals surface area (Å²) in [5.74, 6) is -4.54. The van der Waals surface area contributed by atoms with Crippen molar-refractivity contribution in [3.63, 3.8) is 0 Å². The minimum Gasteiger partial charge on any atom is -0.507 e. The summed E-state index contributed by atoms with van der Waals surface area (Å²) < 4.78 is 5.13. The zero-order valence-corrected chi connectivity index (χ0v) is 10.7. The number of aliphatic hydroxyl groups is 1. The lowest BCUT2D eigenvalue weighted by Crippen LogP contribution is -2.36. The second kappa shape index (κ2) is 3.55. The molecule has 0 radical (unpaired) electrons. The molecule has 102 valence electrons. The van der Waals surface area contributed by atoms with Gasteiger partial charge in [0.25, 0.3) is 5.79 Å². The Hall–Kier alpha value is -2.47. The van der Waals surface area contributed by atoms with Crippen LogP contribution in [0.3, 0.4) is 0 Å². The van der Waals surface area contributed by atoms with Crippen LogP contribution in [0.5, 0.6) is 11.5 Å². The van der Waals surface area contributed by atoms with E-state index in [2.05, 4.69) is 0 Å². The second-order valence-electron chi connectivity index (χ2n) is 4.90. The summed E-state index contributed by atoms with van der Waals surface area (Å²) >= 11 is 0. The molecule has 1 aromatic carbocycles. The third kappa shape index (κ3) is 1.34. The number of rotatable bonds is 0. The number of allylic oxidation sites excluding steroid dienone is 2. The monoisotopic (exact) mass is 274 g/mol. The number of hydrogen-bond donors (Lipinski definition) is 2. The van der Waals surface area contributed by atoms with Gasteiger partial charge in [0, 0.05) is 12.5 Å². The number of ether oxygens (including phenoxy) is 1. The van der Waals surface area contributed by atoms with Crippen molar-refractivity contribution in [3.05, 3.63) is 34.4 Å². The molecule has 1 aliphatic carbocycles. The first kappa shape index (κ1) is 12.6. The Labute approximate surface area is 113 Å². The van der Waals surface area contributed by atoms with Crippen molar-refractivity contribution in [3.8, 4) is 11.5 Å². The lowest BCUT2D eigenvalue weighted by Gasteiger charge is -2.16. The number of aromatic hydroxyl groups is 1. The van der Waals surface area contributed by atoms with Crippen LogP contribution in [0.15, 0.2) is 12.2 Å². The fourth-order valence-electron chi connectivity index (χ4n) is 2.47. The van der Waals surface area contributed by atoms with E-state index in [0.29, 0.717) is 0 Å². The highest BCUT2D eigenvalue weighted by atomic mass is 16.6. The first-order valence-corrected chi connectivity index (χ1v) is 5.88. The molecule has 0 saturated heterocycles. The number of Topliss-reactive ketones (excluding diaryl/α,β-unsaturated/α-hetero) is 1. The average Bonchev–Trinajstić information content (AvgIpc) is 2.61. The van der Waals surface area contributed by atoms with E-state index in [0.717, 1.165) is 19.1 Å². The van der Waals surface area contributed by atoms with Gasteiger partial charge in [-0.25, -0.2) is 0 Å². The smallest absolute Gasteiger partial charge is 0.270 e. The van der Waals surface area contributed by atoms with Gasteiger partial charge in [0.1, 0.15) is 11.5 Å². The van der Waals surface area contributed by atoms with Crippen LogP contribution in [-0.4, -0.2) is 33.3 Å². The molecule has 0 saturated carbocycles. The van der Waals surface area contributed by atoms with Crippen LogP contribution in [0.25, 0.3) is 0 Å². The Bertz CT molecular complexity index is 739. The SMILES string of the molecule is Cc1c(O)c2c(c3c1O[C@@](C)(O)C3=O)C(=O)C=CC2=O. The van der Waals surface area contributed by atoms with Crippen LogP contribution in [-0.2, 0) is 0 Å². The number of ketones is 3. The quantitative estimate of drug-likeness (QED) is 0.729. The van der Waals surface area contributed by atoms with Crippen molar-refractivity contribution in [1.29, 1.82) is 0 Å². The maximum atomic E-state index is 12.2. The van der Waals surface area contributed by atoms with Gasteiger partial charge < -0.3 is 14.9 Å². The van der Waals surface area contributed by atoms with Crippen LogP contribution in [0.1, 0.15) is 43.6 Å². The zero-order chi connectivity index (χ0) is 14.8. The predicted molar refractivity (Wildman–Crippen MR) is 66.2 cm³/mol. The van der Waals surface area contributed by atoms with E-state index in [1.807, 2.05) is 0 Å². The fraction of sp³-hybridized carbons (Fsp3) is 0.214. The van der Waals surface area contributed by atoms with Crippen molar-refractivity contribution in [2.45, 2.75) is 19.6 Å². The number of carbonyl (C=O) groups is 3. The molecule has 0 amide bonds. The van der Waals surface area contributed by atoms with Crippen LogP contribution < -0.4 is 4.74 Å². The first-order valence-electron chi connectivity index (χ1n) is 5.88. The highest BCUT2D eigenvalue weighted by Gasteiger charge is 2.48.